The number of piperidine rings is 1. The molecule has 2 unspecified atom stereocenters. The van der Waals surface area contributed by atoms with Gasteiger partial charge in [0.1, 0.15) is 0 Å². The molecule has 2 aliphatic heterocycles. The van der Waals surface area contributed by atoms with Crippen molar-refractivity contribution in [3.63, 3.8) is 0 Å². The molecule has 1 fully saturated rings. The van der Waals surface area contributed by atoms with Gasteiger partial charge in [-0.25, -0.2) is 0 Å². The smallest absolute Gasteiger partial charge is 0.161 e. The average Bonchev–Trinajstić information content (AvgIpc) is 3.02. The molecular weight excluding hydrogens is 290 g/mol. The number of hydrogen-bond acceptors (Lipinski definition) is 5. The van der Waals surface area contributed by atoms with Crippen molar-refractivity contribution in [1.29, 1.82) is 0 Å². The Kier molecular flexibility index (Phi) is 5.06. The predicted octanol–water partition coefficient (Wildman–Crippen LogP) is 2.83. The first kappa shape index (κ1) is 16.1. The van der Waals surface area contributed by atoms with E-state index in [4.69, 9.17) is 9.47 Å². The second-order valence-corrected chi connectivity index (χ2v) is 6.22. The molecule has 126 valence electrons. The molecule has 1 N–H and O–H groups in total. The molecule has 3 rings (SSSR count). The largest absolute Gasteiger partial charge is 0.493 e. The summed E-state index contributed by atoms with van der Waals surface area (Å²) in [5.41, 5.74) is 5.88. The molecule has 1 saturated heterocycles. The van der Waals surface area contributed by atoms with Gasteiger partial charge in [-0.05, 0) is 30.7 Å². The normalized spacial score (nSPS) is 23.9. The van der Waals surface area contributed by atoms with Gasteiger partial charge in [0.15, 0.2) is 11.5 Å². The summed E-state index contributed by atoms with van der Waals surface area (Å²) in [7, 11) is 1.68. The lowest BCUT2D eigenvalue weighted by molar-refractivity contribution is 0.238. The summed E-state index contributed by atoms with van der Waals surface area (Å²) in [5.74, 6) is 2.07. The zero-order valence-corrected chi connectivity index (χ0v) is 14.3. The maximum Gasteiger partial charge on any atom is 0.161 e. The van der Waals surface area contributed by atoms with Gasteiger partial charge in [0.25, 0.3) is 0 Å². The molecule has 2 heterocycles. The molecule has 0 spiro atoms. The zero-order valence-electron chi connectivity index (χ0n) is 14.3. The molecule has 5 heteroatoms. The Balaban J connectivity index is 1.81. The number of hydrazone groups is 1. The first-order valence-electron chi connectivity index (χ1n) is 8.61. The van der Waals surface area contributed by atoms with Crippen LogP contribution in [0.3, 0.4) is 0 Å². The van der Waals surface area contributed by atoms with Crippen LogP contribution in [0.25, 0.3) is 0 Å². The van der Waals surface area contributed by atoms with Crippen molar-refractivity contribution in [3.8, 4) is 11.5 Å². The van der Waals surface area contributed by atoms with Crippen molar-refractivity contribution >= 4 is 5.71 Å². The van der Waals surface area contributed by atoms with Crippen molar-refractivity contribution in [2.24, 2.45) is 11.0 Å². The Morgan fingerprint density at radius 2 is 2.17 bits per heavy atom. The molecule has 1 aromatic carbocycles. The highest BCUT2D eigenvalue weighted by Gasteiger charge is 2.36. The van der Waals surface area contributed by atoms with E-state index in [-0.39, 0.29) is 6.04 Å². The molecule has 5 nitrogen and oxygen atoms in total. The van der Waals surface area contributed by atoms with E-state index < -0.39 is 0 Å². The van der Waals surface area contributed by atoms with E-state index >= 15 is 0 Å². The predicted molar refractivity (Wildman–Crippen MR) is 92.3 cm³/mol. The van der Waals surface area contributed by atoms with Crippen molar-refractivity contribution in [2.45, 2.75) is 32.7 Å². The summed E-state index contributed by atoms with van der Waals surface area (Å²) >= 11 is 0. The Morgan fingerprint density at radius 3 is 2.91 bits per heavy atom. The van der Waals surface area contributed by atoms with Crippen LogP contribution in [0.15, 0.2) is 23.3 Å². The van der Waals surface area contributed by atoms with Crippen molar-refractivity contribution < 1.29 is 9.47 Å². The molecule has 0 aromatic heterocycles. The second-order valence-electron chi connectivity index (χ2n) is 6.22. The number of hydrogen-bond donors (Lipinski definition) is 1. The van der Waals surface area contributed by atoms with Gasteiger partial charge in [0, 0.05) is 31.1 Å². The van der Waals surface area contributed by atoms with Gasteiger partial charge in [-0.2, -0.15) is 5.10 Å². The molecule has 23 heavy (non-hydrogen) atoms. The van der Waals surface area contributed by atoms with E-state index in [1.165, 1.54) is 11.3 Å². The fourth-order valence-electron chi connectivity index (χ4n) is 3.42. The van der Waals surface area contributed by atoms with Crippen LogP contribution in [-0.4, -0.2) is 44.0 Å². The zero-order chi connectivity index (χ0) is 16.2. The number of nitrogens with zero attached hydrogens (tertiary/aromatic N) is 2. The van der Waals surface area contributed by atoms with Gasteiger partial charge in [0.05, 0.1) is 19.8 Å². The fourth-order valence-corrected chi connectivity index (χ4v) is 3.42. The van der Waals surface area contributed by atoms with Gasteiger partial charge in [-0.15, -0.1) is 0 Å². The van der Waals surface area contributed by atoms with Crippen molar-refractivity contribution in [2.75, 3.05) is 33.4 Å². The van der Waals surface area contributed by atoms with Gasteiger partial charge in [0.2, 0.25) is 0 Å². The lowest BCUT2D eigenvalue weighted by atomic mass is 9.86. The van der Waals surface area contributed by atoms with Crippen LogP contribution in [0, 0.1) is 5.92 Å². The van der Waals surface area contributed by atoms with Crippen molar-refractivity contribution in [1.82, 2.24) is 10.3 Å². The van der Waals surface area contributed by atoms with Crippen LogP contribution in [0.5, 0.6) is 11.5 Å². The Morgan fingerprint density at radius 1 is 1.30 bits per heavy atom. The molecule has 1 aromatic rings. The third kappa shape index (κ3) is 3.29. The molecular formula is C18H27N3O2. The van der Waals surface area contributed by atoms with Gasteiger partial charge in [-0.1, -0.05) is 19.9 Å². The number of methoxy groups -OCH3 is 1. The minimum absolute atomic E-state index is 0.231. The van der Waals surface area contributed by atoms with E-state index in [1.807, 2.05) is 6.07 Å². The number of nitrogens with one attached hydrogen (secondary N) is 1. The maximum atomic E-state index is 5.86. The molecule has 2 atom stereocenters. The van der Waals surface area contributed by atoms with Crippen LogP contribution >= 0.6 is 0 Å². The van der Waals surface area contributed by atoms with Crippen LogP contribution in [0.2, 0.25) is 0 Å². The summed E-state index contributed by atoms with van der Waals surface area (Å²) in [4.78, 5) is 2.50. The van der Waals surface area contributed by atoms with E-state index in [9.17, 15) is 0 Å². The summed E-state index contributed by atoms with van der Waals surface area (Å²) in [6.45, 7) is 8.33. The SMILES string of the molecule is CCCOc1cc(C2NN=C3CCN(CC)CC32)ccc1OC. The number of benzene rings is 1. The molecule has 0 radical (unpaired) electrons. The summed E-state index contributed by atoms with van der Waals surface area (Å²) in [6, 6.07) is 6.46. The summed E-state index contributed by atoms with van der Waals surface area (Å²) in [6.07, 6.45) is 2.05. The lowest BCUT2D eigenvalue weighted by Gasteiger charge is -2.32. The topological polar surface area (TPSA) is 46.1 Å². The maximum absolute atomic E-state index is 5.86. The third-order valence-electron chi connectivity index (χ3n) is 4.77. The number of likely N-dealkylation sites (tertiary alicyclic amines) is 1. The van der Waals surface area contributed by atoms with Crippen LogP contribution < -0.4 is 14.9 Å². The highest BCUT2D eigenvalue weighted by Crippen LogP contribution is 2.36. The fraction of sp³-hybridized carbons (Fsp3) is 0.611. The number of rotatable bonds is 6. The van der Waals surface area contributed by atoms with E-state index in [0.717, 1.165) is 44.0 Å². The Labute approximate surface area is 138 Å². The molecule has 0 aliphatic carbocycles. The number of ether oxygens (including phenoxy) is 2. The van der Waals surface area contributed by atoms with Crippen LogP contribution in [0.1, 0.15) is 38.3 Å². The first-order chi connectivity index (χ1) is 11.3. The molecule has 0 amide bonds. The molecule has 2 aliphatic rings. The van der Waals surface area contributed by atoms with E-state index in [1.54, 1.807) is 7.11 Å². The van der Waals surface area contributed by atoms with Gasteiger partial charge in [-0.3, -0.25) is 0 Å². The van der Waals surface area contributed by atoms with E-state index in [0.29, 0.717) is 12.5 Å². The third-order valence-corrected chi connectivity index (χ3v) is 4.77. The van der Waals surface area contributed by atoms with Gasteiger partial charge >= 0.3 is 0 Å². The monoisotopic (exact) mass is 317 g/mol. The Hall–Kier alpha value is -1.75. The highest BCUT2D eigenvalue weighted by molar-refractivity contribution is 5.90. The van der Waals surface area contributed by atoms with Crippen LogP contribution in [-0.2, 0) is 0 Å². The number of fused-ring (bicyclic) bond motifs is 1. The van der Waals surface area contributed by atoms with E-state index in [2.05, 4.69) is 41.4 Å². The quantitative estimate of drug-likeness (QED) is 0.876. The summed E-state index contributed by atoms with van der Waals surface area (Å²) in [5, 5.41) is 4.59. The molecule has 0 bridgehead atoms. The van der Waals surface area contributed by atoms with Crippen molar-refractivity contribution in [3.05, 3.63) is 23.8 Å². The molecule has 0 saturated carbocycles. The van der Waals surface area contributed by atoms with Crippen LogP contribution in [0.4, 0.5) is 0 Å². The minimum Gasteiger partial charge on any atom is -0.493 e. The van der Waals surface area contributed by atoms with Gasteiger partial charge < -0.3 is 19.8 Å². The first-order valence-corrected chi connectivity index (χ1v) is 8.61. The minimum atomic E-state index is 0.231. The average molecular weight is 317 g/mol. The standard InChI is InChI=1S/C18H27N3O2/c1-4-10-23-17-11-13(6-7-16(17)22-3)18-14-12-21(5-2)9-8-15(14)19-20-18/h6-7,11,14,18,20H,4-5,8-10,12H2,1-3H3. The highest BCUT2D eigenvalue weighted by atomic mass is 16.5. The second kappa shape index (κ2) is 7.21. The lowest BCUT2D eigenvalue weighted by Crippen LogP contribution is -2.41. The Bertz CT molecular complexity index is 573. The summed E-state index contributed by atoms with van der Waals surface area (Å²) < 4.78 is 11.3.